The summed E-state index contributed by atoms with van der Waals surface area (Å²) in [5, 5.41) is 0.307. The number of nitrogen functional groups attached to an aromatic ring is 1. The van der Waals surface area contributed by atoms with E-state index in [9.17, 15) is 4.79 Å². The van der Waals surface area contributed by atoms with Crippen LogP contribution in [0.4, 0.5) is 5.82 Å². The minimum Gasteiger partial charge on any atom is -0.382 e. The SMILES string of the molecule is COC1CCCN(C(=O)c2cnc(N)c(Cl)c2)C1. The summed E-state index contributed by atoms with van der Waals surface area (Å²) >= 11 is 5.87. The number of ether oxygens (including phenoxy) is 1. The van der Waals surface area contributed by atoms with Gasteiger partial charge in [-0.3, -0.25) is 4.79 Å². The van der Waals surface area contributed by atoms with E-state index in [-0.39, 0.29) is 17.8 Å². The molecule has 1 aliphatic heterocycles. The van der Waals surface area contributed by atoms with E-state index in [2.05, 4.69) is 4.98 Å². The standard InChI is InChI=1S/C12H16ClN3O2/c1-18-9-3-2-4-16(7-9)12(17)8-5-10(13)11(14)15-6-8/h5-6,9H,2-4,7H2,1H3,(H2,14,15). The van der Waals surface area contributed by atoms with Crippen molar-refractivity contribution in [2.75, 3.05) is 25.9 Å². The van der Waals surface area contributed by atoms with E-state index in [0.717, 1.165) is 19.4 Å². The van der Waals surface area contributed by atoms with Gasteiger partial charge in [-0.1, -0.05) is 11.6 Å². The smallest absolute Gasteiger partial charge is 0.255 e. The van der Waals surface area contributed by atoms with Gasteiger partial charge in [0.2, 0.25) is 0 Å². The molecule has 1 aromatic heterocycles. The molecule has 1 amide bonds. The first kappa shape index (κ1) is 13.1. The highest BCUT2D eigenvalue weighted by molar-refractivity contribution is 6.33. The molecule has 6 heteroatoms. The van der Waals surface area contributed by atoms with Crippen LogP contribution in [-0.2, 0) is 4.74 Å². The minimum absolute atomic E-state index is 0.0776. The van der Waals surface area contributed by atoms with Crippen molar-refractivity contribution in [2.45, 2.75) is 18.9 Å². The fraction of sp³-hybridized carbons (Fsp3) is 0.500. The minimum atomic E-state index is -0.0776. The number of pyridine rings is 1. The lowest BCUT2D eigenvalue weighted by molar-refractivity contribution is 0.0268. The van der Waals surface area contributed by atoms with Gasteiger partial charge in [-0.25, -0.2) is 4.98 Å². The van der Waals surface area contributed by atoms with Gasteiger partial charge in [-0.05, 0) is 18.9 Å². The number of anilines is 1. The highest BCUT2D eigenvalue weighted by Crippen LogP contribution is 2.20. The Bertz CT molecular complexity index is 453. The fourth-order valence-electron chi connectivity index (χ4n) is 2.06. The lowest BCUT2D eigenvalue weighted by atomic mass is 10.1. The van der Waals surface area contributed by atoms with Gasteiger partial charge >= 0.3 is 0 Å². The number of methoxy groups -OCH3 is 1. The number of amides is 1. The maximum Gasteiger partial charge on any atom is 0.255 e. The van der Waals surface area contributed by atoms with E-state index < -0.39 is 0 Å². The second kappa shape index (κ2) is 5.54. The molecule has 0 saturated carbocycles. The zero-order valence-corrected chi connectivity index (χ0v) is 11.0. The van der Waals surface area contributed by atoms with Crippen molar-refractivity contribution in [3.63, 3.8) is 0 Å². The van der Waals surface area contributed by atoms with E-state index >= 15 is 0 Å². The first-order valence-corrected chi connectivity index (χ1v) is 6.22. The lowest BCUT2D eigenvalue weighted by Crippen LogP contribution is -2.42. The summed E-state index contributed by atoms with van der Waals surface area (Å²) in [7, 11) is 1.67. The Kier molecular flexibility index (Phi) is 4.04. The first-order chi connectivity index (χ1) is 8.61. The van der Waals surface area contributed by atoms with Crippen molar-refractivity contribution in [2.24, 2.45) is 0 Å². The largest absolute Gasteiger partial charge is 0.382 e. The second-order valence-corrected chi connectivity index (χ2v) is 4.75. The van der Waals surface area contributed by atoms with Crippen molar-refractivity contribution in [3.05, 3.63) is 22.8 Å². The molecule has 1 fully saturated rings. The molecule has 1 aromatic rings. The van der Waals surface area contributed by atoms with Crippen LogP contribution >= 0.6 is 11.6 Å². The molecule has 0 radical (unpaired) electrons. The van der Waals surface area contributed by atoms with Crippen molar-refractivity contribution in [1.29, 1.82) is 0 Å². The number of hydrogen-bond acceptors (Lipinski definition) is 4. The lowest BCUT2D eigenvalue weighted by Gasteiger charge is -2.31. The van der Waals surface area contributed by atoms with Crippen LogP contribution in [0, 0.1) is 0 Å². The molecule has 2 N–H and O–H groups in total. The Labute approximate surface area is 111 Å². The maximum absolute atomic E-state index is 12.3. The number of piperidine rings is 1. The van der Waals surface area contributed by atoms with Crippen LogP contribution in [0.25, 0.3) is 0 Å². The number of hydrogen-bond donors (Lipinski definition) is 1. The molecule has 1 unspecified atom stereocenters. The van der Waals surface area contributed by atoms with E-state index in [0.29, 0.717) is 17.1 Å². The number of aromatic nitrogens is 1. The Hall–Kier alpha value is -1.33. The van der Waals surface area contributed by atoms with Crippen molar-refractivity contribution in [3.8, 4) is 0 Å². The van der Waals surface area contributed by atoms with E-state index in [1.807, 2.05) is 0 Å². The number of nitrogens with zero attached hydrogens (tertiary/aromatic N) is 2. The van der Waals surface area contributed by atoms with E-state index in [1.165, 1.54) is 6.20 Å². The van der Waals surface area contributed by atoms with Crippen molar-refractivity contribution in [1.82, 2.24) is 9.88 Å². The van der Waals surface area contributed by atoms with Gasteiger partial charge < -0.3 is 15.4 Å². The van der Waals surface area contributed by atoms with Crippen LogP contribution in [0.15, 0.2) is 12.3 Å². The zero-order chi connectivity index (χ0) is 13.1. The predicted octanol–water partition coefficient (Wildman–Crippen LogP) is 1.57. The summed E-state index contributed by atoms with van der Waals surface area (Å²) in [5.74, 6) is 0.160. The van der Waals surface area contributed by atoms with Gasteiger partial charge in [0, 0.05) is 26.4 Å². The van der Waals surface area contributed by atoms with Crippen LogP contribution < -0.4 is 5.73 Å². The Balaban J connectivity index is 2.12. The van der Waals surface area contributed by atoms with Gasteiger partial charge in [-0.15, -0.1) is 0 Å². The number of likely N-dealkylation sites (tertiary alicyclic amines) is 1. The molecule has 1 aliphatic rings. The third kappa shape index (κ3) is 2.73. The van der Waals surface area contributed by atoms with Crippen LogP contribution in [-0.4, -0.2) is 42.1 Å². The first-order valence-electron chi connectivity index (χ1n) is 5.85. The molecule has 98 valence electrons. The molecule has 0 spiro atoms. The second-order valence-electron chi connectivity index (χ2n) is 4.34. The van der Waals surface area contributed by atoms with Gasteiger partial charge in [0.25, 0.3) is 5.91 Å². The van der Waals surface area contributed by atoms with Crippen LogP contribution in [0.3, 0.4) is 0 Å². The average molecular weight is 270 g/mol. The van der Waals surface area contributed by atoms with Crippen molar-refractivity contribution >= 4 is 23.3 Å². The summed E-state index contributed by atoms with van der Waals surface area (Å²) in [6, 6.07) is 1.56. The third-order valence-corrected chi connectivity index (χ3v) is 3.42. The fourth-order valence-corrected chi connectivity index (χ4v) is 2.23. The molecule has 18 heavy (non-hydrogen) atoms. The Morgan fingerprint density at radius 3 is 3.11 bits per heavy atom. The molecule has 1 atom stereocenters. The number of carbonyl (C=O) groups is 1. The average Bonchev–Trinajstić information content (AvgIpc) is 2.41. The number of nitrogens with two attached hydrogens (primary N) is 1. The number of carbonyl (C=O) groups excluding carboxylic acids is 1. The molecule has 5 nitrogen and oxygen atoms in total. The van der Waals surface area contributed by atoms with Gasteiger partial charge in [0.05, 0.1) is 16.7 Å². The summed E-state index contributed by atoms with van der Waals surface area (Å²) in [5.41, 5.74) is 5.99. The van der Waals surface area contributed by atoms with E-state index in [4.69, 9.17) is 22.1 Å². The predicted molar refractivity (Wildman–Crippen MR) is 69.6 cm³/mol. The normalized spacial score (nSPS) is 19.9. The van der Waals surface area contributed by atoms with Gasteiger partial charge in [0.1, 0.15) is 5.82 Å². The van der Waals surface area contributed by atoms with Crippen LogP contribution in [0.2, 0.25) is 5.02 Å². The molecular formula is C12H16ClN3O2. The quantitative estimate of drug-likeness (QED) is 0.885. The Morgan fingerprint density at radius 1 is 1.67 bits per heavy atom. The topological polar surface area (TPSA) is 68.5 Å². The molecule has 0 aromatic carbocycles. The van der Waals surface area contributed by atoms with Crippen molar-refractivity contribution < 1.29 is 9.53 Å². The molecule has 0 bridgehead atoms. The third-order valence-electron chi connectivity index (χ3n) is 3.12. The van der Waals surface area contributed by atoms with Crippen LogP contribution in [0.5, 0.6) is 0 Å². The summed E-state index contributed by atoms with van der Waals surface area (Å²) in [4.78, 5) is 17.9. The summed E-state index contributed by atoms with van der Waals surface area (Å²) in [6.07, 6.45) is 3.50. The highest BCUT2D eigenvalue weighted by Gasteiger charge is 2.24. The van der Waals surface area contributed by atoms with Gasteiger partial charge in [0.15, 0.2) is 0 Å². The Morgan fingerprint density at radius 2 is 2.44 bits per heavy atom. The monoisotopic (exact) mass is 269 g/mol. The maximum atomic E-state index is 12.3. The molecule has 2 heterocycles. The molecule has 1 saturated heterocycles. The van der Waals surface area contributed by atoms with Gasteiger partial charge in [-0.2, -0.15) is 0 Å². The summed E-state index contributed by atoms with van der Waals surface area (Å²) < 4.78 is 5.29. The van der Waals surface area contributed by atoms with E-state index in [1.54, 1.807) is 18.1 Å². The number of halogens is 1. The van der Waals surface area contributed by atoms with Crippen LogP contribution in [0.1, 0.15) is 23.2 Å². The number of rotatable bonds is 2. The zero-order valence-electron chi connectivity index (χ0n) is 10.2. The molecule has 0 aliphatic carbocycles. The molecule has 2 rings (SSSR count). The highest BCUT2D eigenvalue weighted by atomic mass is 35.5. The molecular weight excluding hydrogens is 254 g/mol. The summed E-state index contributed by atoms with van der Waals surface area (Å²) in [6.45, 7) is 1.35.